The Morgan fingerprint density at radius 3 is 2.84 bits per heavy atom. The van der Waals surface area contributed by atoms with Crippen molar-refractivity contribution in [3.8, 4) is 0 Å². The van der Waals surface area contributed by atoms with Gasteiger partial charge in [-0.1, -0.05) is 25.3 Å². The monoisotopic (exact) mass is 280 g/mol. The number of thiophene rings is 1. The molecule has 1 heterocycles. The van der Waals surface area contributed by atoms with Gasteiger partial charge in [-0.3, -0.25) is 4.79 Å². The van der Waals surface area contributed by atoms with Crippen LogP contribution < -0.4 is 11.1 Å². The number of carbonyl (C=O) groups excluding carboxylic acids is 1. The van der Waals surface area contributed by atoms with E-state index in [0.29, 0.717) is 6.42 Å². The summed E-state index contributed by atoms with van der Waals surface area (Å²) in [6, 6.07) is 4.34. The summed E-state index contributed by atoms with van der Waals surface area (Å²) in [5.41, 5.74) is 6.05. The summed E-state index contributed by atoms with van der Waals surface area (Å²) in [6.45, 7) is 2.06. The highest BCUT2D eigenvalue weighted by atomic mass is 32.1. The van der Waals surface area contributed by atoms with Crippen LogP contribution in [0, 0.1) is 0 Å². The molecule has 1 aliphatic carbocycles. The molecule has 1 aromatic rings. The minimum atomic E-state index is -0.259. The molecule has 1 saturated carbocycles. The molecule has 2 rings (SSSR count). The lowest BCUT2D eigenvalue weighted by Crippen LogP contribution is -2.47. The molecule has 4 heteroatoms. The Labute approximate surface area is 119 Å². The summed E-state index contributed by atoms with van der Waals surface area (Å²) in [4.78, 5) is 13.4. The molecule has 19 heavy (non-hydrogen) atoms. The summed E-state index contributed by atoms with van der Waals surface area (Å²) in [6.07, 6.45) is 6.93. The quantitative estimate of drug-likeness (QED) is 0.871. The van der Waals surface area contributed by atoms with Gasteiger partial charge in [0, 0.05) is 29.3 Å². The van der Waals surface area contributed by atoms with Crippen molar-refractivity contribution in [2.75, 3.05) is 0 Å². The van der Waals surface area contributed by atoms with Gasteiger partial charge < -0.3 is 11.1 Å². The van der Waals surface area contributed by atoms with Crippen LogP contribution in [0.1, 0.15) is 50.3 Å². The van der Waals surface area contributed by atoms with Gasteiger partial charge in [0.15, 0.2) is 0 Å². The molecule has 1 amide bonds. The lowest BCUT2D eigenvalue weighted by atomic mass is 9.80. The molecule has 0 aromatic carbocycles. The molecular weight excluding hydrogens is 256 g/mol. The van der Waals surface area contributed by atoms with Crippen molar-refractivity contribution in [1.29, 1.82) is 0 Å². The Balaban J connectivity index is 1.77. The van der Waals surface area contributed by atoms with Crippen LogP contribution in [0.15, 0.2) is 17.5 Å². The maximum Gasteiger partial charge on any atom is 0.222 e. The van der Waals surface area contributed by atoms with Gasteiger partial charge in [-0.15, -0.1) is 11.3 Å². The van der Waals surface area contributed by atoms with E-state index < -0.39 is 0 Å². The number of nitrogens with two attached hydrogens (primary N) is 1. The van der Waals surface area contributed by atoms with Gasteiger partial charge >= 0.3 is 0 Å². The Kier molecular flexibility index (Phi) is 4.99. The molecule has 1 aliphatic rings. The summed E-state index contributed by atoms with van der Waals surface area (Å²) in [5, 5.41) is 5.15. The Bertz CT molecular complexity index is 396. The zero-order valence-electron chi connectivity index (χ0n) is 11.7. The van der Waals surface area contributed by atoms with Crippen LogP contribution in [0.25, 0.3) is 0 Å². The Hall–Kier alpha value is -0.870. The van der Waals surface area contributed by atoms with E-state index >= 15 is 0 Å². The van der Waals surface area contributed by atoms with Crippen LogP contribution in [0.5, 0.6) is 0 Å². The fourth-order valence-electron chi connectivity index (χ4n) is 2.86. The number of hydrogen-bond acceptors (Lipinski definition) is 3. The predicted octanol–water partition coefficient (Wildman–Crippen LogP) is 2.85. The Morgan fingerprint density at radius 1 is 1.47 bits per heavy atom. The van der Waals surface area contributed by atoms with Gasteiger partial charge in [-0.05, 0) is 31.2 Å². The molecule has 0 spiro atoms. The topological polar surface area (TPSA) is 55.1 Å². The van der Waals surface area contributed by atoms with Gasteiger partial charge in [0.2, 0.25) is 5.91 Å². The van der Waals surface area contributed by atoms with E-state index in [4.69, 9.17) is 5.73 Å². The first-order chi connectivity index (χ1) is 9.07. The van der Waals surface area contributed by atoms with Crippen LogP contribution >= 0.6 is 11.3 Å². The lowest BCUT2D eigenvalue weighted by Gasteiger charge is -2.33. The highest BCUT2D eigenvalue weighted by Crippen LogP contribution is 2.28. The van der Waals surface area contributed by atoms with E-state index in [9.17, 15) is 4.79 Å². The fourth-order valence-corrected chi connectivity index (χ4v) is 3.70. The molecule has 1 aromatic heterocycles. The van der Waals surface area contributed by atoms with Crippen molar-refractivity contribution in [3.05, 3.63) is 22.4 Å². The first-order valence-corrected chi connectivity index (χ1v) is 8.06. The third-order valence-corrected chi connectivity index (χ3v) is 4.76. The first-order valence-electron chi connectivity index (χ1n) is 7.18. The summed E-state index contributed by atoms with van der Waals surface area (Å²) in [7, 11) is 0. The summed E-state index contributed by atoms with van der Waals surface area (Å²) < 4.78 is 0. The van der Waals surface area contributed by atoms with E-state index in [2.05, 4.69) is 23.7 Å². The largest absolute Gasteiger partial charge is 0.353 e. The highest BCUT2D eigenvalue weighted by molar-refractivity contribution is 7.09. The molecule has 3 N–H and O–H groups in total. The van der Waals surface area contributed by atoms with E-state index in [0.717, 1.165) is 32.1 Å². The van der Waals surface area contributed by atoms with Crippen LogP contribution in [0.3, 0.4) is 0 Å². The summed E-state index contributed by atoms with van der Waals surface area (Å²) in [5.74, 6) is 0.105. The minimum absolute atomic E-state index is 0.105. The van der Waals surface area contributed by atoms with Crippen molar-refractivity contribution in [3.63, 3.8) is 0 Å². The van der Waals surface area contributed by atoms with Crippen molar-refractivity contribution < 1.29 is 4.79 Å². The molecule has 1 atom stereocenters. The molecule has 106 valence electrons. The van der Waals surface area contributed by atoms with E-state index in [1.54, 1.807) is 11.3 Å². The van der Waals surface area contributed by atoms with Crippen LogP contribution in [0.2, 0.25) is 0 Å². The van der Waals surface area contributed by atoms with Gasteiger partial charge in [-0.2, -0.15) is 0 Å². The molecule has 0 bridgehead atoms. The van der Waals surface area contributed by atoms with Crippen LogP contribution in [-0.2, 0) is 11.2 Å². The molecule has 0 saturated heterocycles. The zero-order valence-corrected chi connectivity index (χ0v) is 12.5. The molecule has 0 radical (unpaired) electrons. The molecular formula is C15H24N2OS. The minimum Gasteiger partial charge on any atom is -0.353 e. The lowest BCUT2D eigenvalue weighted by molar-refractivity contribution is -0.123. The molecule has 1 unspecified atom stereocenters. The number of nitrogens with one attached hydrogen (secondary N) is 1. The van der Waals surface area contributed by atoms with Gasteiger partial charge in [0.25, 0.3) is 0 Å². The number of carbonyl (C=O) groups is 1. The fraction of sp³-hybridized carbons (Fsp3) is 0.667. The predicted molar refractivity (Wildman–Crippen MR) is 80.2 cm³/mol. The number of rotatable bonds is 5. The average molecular weight is 280 g/mol. The zero-order chi connectivity index (χ0) is 13.7. The van der Waals surface area contributed by atoms with E-state index in [-0.39, 0.29) is 17.5 Å². The van der Waals surface area contributed by atoms with Gasteiger partial charge in [-0.25, -0.2) is 0 Å². The maximum absolute atomic E-state index is 12.1. The second-order valence-corrected chi connectivity index (χ2v) is 6.88. The van der Waals surface area contributed by atoms with E-state index in [1.807, 2.05) is 6.07 Å². The maximum atomic E-state index is 12.1. The first kappa shape index (κ1) is 14.5. The van der Waals surface area contributed by atoms with Crippen molar-refractivity contribution >= 4 is 17.2 Å². The normalized spacial score (nSPS) is 19.9. The number of amides is 1. The number of hydrogen-bond donors (Lipinski definition) is 2. The van der Waals surface area contributed by atoms with Crippen molar-refractivity contribution in [2.45, 2.75) is 63.5 Å². The van der Waals surface area contributed by atoms with Crippen LogP contribution in [0.4, 0.5) is 0 Å². The molecule has 3 nitrogen and oxygen atoms in total. The summed E-state index contributed by atoms with van der Waals surface area (Å²) >= 11 is 1.74. The van der Waals surface area contributed by atoms with E-state index in [1.165, 1.54) is 11.3 Å². The third-order valence-electron chi connectivity index (χ3n) is 3.86. The molecule has 1 fully saturated rings. The molecule has 0 aliphatic heterocycles. The van der Waals surface area contributed by atoms with Crippen LogP contribution in [-0.4, -0.2) is 17.5 Å². The highest BCUT2D eigenvalue weighted by Gasteiger charge is 2.30. The second-order valence-electron chi connectivity index (χ2n) is 5.85. The average Bonchev–Trinajstić information content (AvgIpc) is 2.81. The van der Waals surface area contributed by atoms with Crippen molar-refractivity contribution in [2.24, 2.45) is 5.73 Å². The third kappa shape index (κ3) is 4.62. The van der Waals surface area contributed by atoms with Gasteiger partial charge in [0.1, 0.15) is 0 Å². The SMILES string of the molecule is CC(Cc1cccs1)NC(=O)CC1(N)CCCCC1. The van der Waals surface area contributed by atoms with Crippen molar-refractivity contribution in [1.82, 2.24) is 5.32 Å². The second kappa shape index (κ2) is 6.53. The Morgan fingerprint density at radius 2 is 2.21 bits per heavy atom. The van der Waals surface area contributed by atoms with Gasteiger partial charge in [0.05, 0.1) is 0 Å². The smallest absolute Gasteiger partial charge is 0.222 e. The standard InChI is InChI=1S/C15H24N2OS/c1-12(10-13-6-5-9-19-13)17-14(18)11-15(16)7-3-2-4-8-15/h5-6,9,12H,2-4,7-8,10-11,16H2,1H3,(H,17,18).